The topological polar surface area (TPSA) is 46.2 Å². The first-order valence-electron chi connectivity index (χ1n) is 6.62. The zero-order chi connectivity index (χ0) is 17.1. The van der Waals surface area contributed by atoms with Crippen molar-refractivity contribution in [1.29, 1.82) is 0 Å². The van der Waals surface area contributed by atoms with E-state index in [1.54, 1.807) is 22.9 Å². The summed E-state index contributed by atoms with van der Waals surface area (Å²) in [6.07, 6.45) is 3.28. The molecule has 0 aliphatic carbocycles. The normalized spacial score (nSPS) is 12.5. The van der Waals surface area contributed by atoms with E-state index >= 15 is 0 Å². The van der Waals surface area contributed by atoms with Crippen LogP contribution in [0.1, 0.15) is 16.7 Å². The fraction of sp³-hybridized carbons (Fsp3) is 0.125. The first-order chi connectivity index (χ1) is 10.7. The number of nitrogens with one attached hydrogen (secondary N) is 1. The lowest BCUT2D eigenvalue weighted by Crippen LogP contribution is -2.30. The van der Waals surface area contributed by atoms with Crippen molar-refractivity contribution in [3.05, 3.63) is 65.2 Å². The van der Waals surface area contributed by atoms with Crippen molar-refractivity contribution in [3.8, 4) is 0 Å². The van der Waals surface area contributed by atoms with Crippen molar-refractivity contribution in [2.24, 2.45) is 0 Å². The van der Waals surface area contributed by atoms with Gasteiger partial charge in [0.05, 0.1) is 5.69 Å². The molecule has 0 atom stereocenters. The number of alkyl halides is 3. The summed E-state index contributed by atoms with van der Waals surface area (Å²) in [5, 5.41) is 0. The van der Waals surface area contributed by atoms with Gasteiger partial charge < -0.3 is 0 Å². The number of rotatable bonds is 4. The SMILES string of the molecule is Cc1ccccc1/C=C/c1ccccc1NS(=O)(=O)C(F)(F)F. The molecule has 0 saturated heterocycles. The summed E-state index contributed by atoms with van der Waals surface area (Å²) in [7, 11) is -5.45. The first-order valence-corrected chi connectivity index (χ1v) is 8.11. The summed E-state index contributed by atoms with van der Waals surface area (Å²) in [4.78, 5) is 0. The Hall–Kier alpha value is -2.28. The molecule has 0 saturated carbocycles. The Balaban J connectivity index is 2.34. The van der Waals surface area contributed by atoms with Gasteiger partial charge in [0.1, 0.15) is 0 Å². The van der Waals surface area contributed by atoms with Crippen LogP contribution in [0.2, 0.25) is 0 Å². The highest BCUT2D eigenvalue weighted by molar-refractivity contribution is 7.93. The summed E-state index contributed by atoms with van der Waals surface area (Å²) in [6.45, 7) is 1.90. The third-order valence-electron chi connectivity index (χ3n) is 3.14. The van der Waals surface area contributed by atoms with E-state index in [1.165, 1.54) is 18.2 Å². The number of benzene rings is 2. The Morgan fingerprint density at radius 2 is 1.43 bits per heavy atom. The molecule has 0 amide bonds. The van der Waals surface area contributed by atoms with Crippen LogP contribution >= 0.6 is 0 Å². The van der Waals surface area contributed by atoms with Crippen molar-refractivity contribution in [3.63, 3.8) is 0 Å². The highest BCUT2D eigenvalue weighted by atomic mass is 32.2. The minimum Gasteiger partial charge on any atom is -0.275 e. The molecule has 3 nitrogen and oxygen atoms in total. The van der Waals surface area contributed by atoms with Gasteiger partial charge in [-0.2, -0.15) is 21.6 Å². The lowest BCUT2D eigenvalue weighted by molar-refractivity contribution is -0.0429. The molecule has 23 heavy (non-hydrogen) atoms. The quantitative estimate of drug-likeness (QED) is 0.837. The standard InChI is InChI=1S/C16H14F3NO2S/c1-12-6-2-3-7-13(12)10-11-14-8-4-5-9-15(14)20-23(21,22)16(17,18)19/h2-11,20H,1H3/b11-10+. The van der Waals surface area contributed by atoms with Crippen molar-refractivity contribution >= 4 is 27.9 Å². The molecule has 0 bridgehead atoms. The van der Waals surface area contributed by atoms with Crippen LogP contribution in [-0.2, 0) is 10.0 Å². The molecule has 2 aromatic rings. The number of sulfonamides is 1. The van der Waals surface area contributed by atoms with E-state index in [9.17, 15) is 21.6 Å². The average molecular weight is 341 g/mol. The summed E-state index contributed by atoms with van der Waals surface area (Å²) >= 11 is 0. The second-order valence-corrected chi connectivity index (χ2v) is 6.50. The highest BCUT2D eigenvalue weighted by Gasteiger charge is 2.46. The molecule has 1 N–H and O–H groups in total. The van der Waals surface area contributed by atoms with Crippen molar-refractivity contribution in [2.75, 3.05) is 4.72 Å². The zero-order valence-corrected chi connectivity index (χ0v) is 12.9. The van der Waals surface area contributed by atoms with Crippen LogP contribution in [0.5, 0.6) is 0 Å². The Morgan fingerprint density at radius 3 is 2.04 bits per heavy atom. The smallest absolute Gasteiger partial charge is 0.275 e. The molecule has 0 aliphatic rings. The van der Waals surface area contributed by atoms with Crippen molar-refractivity contribution < 1.29 is 21.6 Å². The molecule has 0 aromatic heterocycles. The molecule has 2 aromatic carbocycles. The predicted molar refractivity (Wildman–Crippen MR) is 85.1 cm³/mol. The van der Waals surface area contributed by atoms with E-state index in [0.717, 1.165) is 11.1 Å². The van der Waals surface area contributed by atoms with Crippen molar-refractivity contribution in [1.82, 2.24) is 0 Å². The maximum atomic E-state index is 12.5. The van der Waals surface area contributed by atoms with Gasteiger partial charge in [0, 0.05) is 0 Å². The van der Waals surface area contributed by atoms with E-state index in [4.69, 9.17) is 0 Å². The molecule has 122 valence electrons. The third kappa shape index (κ3) is 4.13. The van der Waals surface area contributed by atoms with Crippen LogP contribution in [0.3, 0.4) is 0 Å². The maximum absolute atomic E-state index is 12.5. The number of aryl methyl sites for hydroxylation is 1. The largest absolute Gasteiger partial charge is 0.516 e. The van der Waals surface area contributed by atoms with E-state index in [-0.39, 0.29) is 5.69 Å². The molecule has 0 heterocycles. The Labute approximate surface area is 132 Å². The highest BCUT2D eigenvalue weighted by Crippen LogP contribution is 2.27. The van der Waals surface area contributed by atoms with Gasteiger partial charge in [-0.05, 0) is 29.7 Å². The molecular weight excluding hydrogens is 327 g/mol. The van der Waals surface area contributed by atoms with Crippen LogP contribution < -0.4 is 4.72 Å². The maximum Gasteiger partial charge on any atom is 0.516 e. The zero-order valence-electron chi connectivity index (χ0n) is 12.1. The van der Waals surface area contributed by atoms with Gasteiger partial charge in [0.15, 0.2) is 0 Å². The second kappa shape index (κ2) is 6.45. The minimum absolute atomic E-state index is 0.130. The van der Waals surface area contributed by atoms with E-state index < -0.39 is 15.5 Å². The monoisotopic (exact) mass is 341 g/mol. The van der Waals surface area contributed by atoms with Gasteiger partial charge in [-0.25, -0.2) is 0 Å². The Kier molecular flexibility index (Phi) is 4.79. The van der Waals surface area contributed by atoms with E-state index in [2.05, 4.69) is 0 Å². The molecule has 2 rings (SSSR count). The Morgan fingerprint density at radius 1 is 0.913 bits per heavy atom. The summed E-state index contributed by atoms with van der Waals surface area (Å²) in [5.41, 5.74) is -3.27. The van der Waals surface area contributed by atoms with Crippen LogP contribution in [0.25, 0.3) is 12.2 Å². The molecule has 0 unspecified atom stereocenters. The van der Waals surface area contributed by atoms with Gasteiger partial charge in [-0.3, -0.25) is 4.72 Å². The molecular formula is C16H14F3NO2S. The summed E-state index contributed by atoms with van der Waals surface area (Å²) in [5.74, 6) is 0. The molecule has 0 aliphatic heterocycles. The molecule has 0 fully saturated rings. The third-order valence-corrected chi connectivity index (χ3v) is 4.24. The Bertz CT molecular complexity index is 827. The van der Waals surface area contributed by atoms with Gasteiger partial charge in [0.25, 0.3) is 0 Å². The second-order valence-electron chi connectivity index (χ2n) is 4.83. The van der Waals surface area contributed by atoms with Gasteiger partial charge in [0.2, 0.25) is 0 Å². The fourth-order valence-electron chi connectivity index (χ4n) is 1.89. The number of halogens is 3. The number of anilines is 1. The predicted octanol–water partition coefficient (Wildman–Crippen LogP) is 4.43. The minimum atomic E-state index is -5.45. The fourth-order valence-corrected chi connectivity index (χ4v) is 2.48. The number of hydrogen-bond donors (Lipinski definition) is 1. The van der Waals surface area contributed by atoms with Gasteiger partial charge in [-0.1, -0.05) is 54.6 Å². The van der Waals surface area contributed by atoms with Crippen molar-refractivity contribution in [2.45, 2.75) is 12.4 Å². The molecule has 0 spiro atoms. The molecule has 0 radical (unpaired) electrons. The van der Waals surface area contributed by atoms with Crippen LogP contribution in [0.15, 0.2) is 48.5 Å². The lowest BCUT2D eigenvalue weighted by atomic mass is 10.1. The van der Waals surface area contributed by atoms with Crippen LogP contribution in [0, 0.1) is 6.92 Å². The van der Waals surface area contributed by atoms with E-state index in [0.29, 0.717) is 5.56 Å². The van der Waals surface area contributed by atoms with Crippen LogP contribution in [-0.4, -0.2) is 13.9 Å². The van der Waals surface area contributed by atoms with Crippen LogP contribution in [0.4, 0.5) is 18.9 Å². The molecule has 7 heteroatoms. The summed E-state index contributed by atoms with van der Waals surface area (Å²) < 4.78 is 61.5. The van der Waals surface area contributed by atoms with E-state index in [1.807, 2.05) is 31.2 Å². The summed E-state index contributed by atoms with van der Waals surface area (Å²) in [6, 6.07) is 13.3. The number of hydrogen-bond acceptors (Lipinski definition) is 2. The number of para-hydroxylation sites is 1. The average Bonchev–Trinajstić information content (AvgIpc) is 2.46. The lowest BCUT2D eigenvalue weighted by Gasteiger charge is -2.12. The van der Waals surface area contributed by atoms with Gasteiger partial charge in [-0.15, -0.1) is 0 Å². The first kappa shape index (κ1) is 17.1. The van der Waals surface area contributed by atoms with Gasteiger partial charge >= 0.3 is 15.5 Å².